The number of carbonyl (C=O) groups excluding carboxylic acids is 3. The molecule has 1 saturated heterocycles. The van der Waals surface area contributed by atoms with Crippen molar-refractivity contribution in [2.24, 2.45) is 0 Å². The van der Waals surface area contributed by atoms with E-state index in [-0.39, 0.29) is 18.7 Å². The Bertz CT molecular complexity index is 944. The Kier molecular flexibility index (Phi) is 6.10. The van der Waals surface area contributed by atoms with Crippen molar-refractivity contribution >= 4 is 17.8 Å². The molecule has 7 heteroatoms. The molecule has 2 N–H and O–H groups in total. The molecule has 0 saturated carbocycles. The maximum absolute atomic E-state index is 12.9. The van der Waals surface area contributed by atoms with Crippen LogP contribution in [0.15, 0.2) is 54.6 Å². The number of urea groups is 1. The van der Waals surface area contributed by atoms with Gasteiger partial charge in [-0.2, -0.15) is 0 Å². The van der Waals surface area contributed by atoms with Crippen molar-refractivity contribution < 1.29 is 19.1 Å². The summed E-state index contributed by atoms with van der Waals surface area (Å²) in [4.78, 5) is 38.9. The van der Waals surface area contributed by atoms with Gasteiger partial charge in [-0.1, -0.05) is 42.5 Å². The number of rotatable bonds is 7. The van der Waals surface area contributed by atoms with Gasteiger partial charge in [-0.25, -0.2) is 4.79 Å². The molecule has 0 spiro atoms. The summed E-state index contributed by atoms with van der Waals surface area (Å²) >= 11 is 0. The van der Waals surface area contributed by atoms with Gasteiger partial charge in [-0.05, 0) is 51.0 Å². The first-order valence-corrected chi connectivity index (χ1v) is 9.96. The van der Waals surface area contributed by atoms with E-state index in [9.17, 15) is 14.4 Å². The van der Waals surface area contributed by atoms with E-state index in [4.69, 9.17) is 4.74 Å². The van der Waals surface area contributed by atoms with Crippen LogP contribution in [0.3, 0.4) is 0 Å². The third-order valence-electron chi connectivity index (χ3n) is 5.04. The van der Waals surface area contributed by atoms with Crippen molar-refractivity contribution in [3.63, 3.8) is 0 Å². The van der Waals surface area contributed by atoms with Gasteiger partial charge in [0.15, 0.2) is 0 Å². The van der Waals surface area contributed by atoms with Gasteiger partial charge in [-0.3, -0.25) is 14.5 Å². The SMILES string of the molecule is CC(C)Oc1cccc(C(C)NC(=O)CN2C(=O)NC(C)(c3ccccc3)C2=O)c1. The fourth-order valence-corrected chi connectivity index (χ4v) is 3.45. The van der Waals surface area contributed by atoms with Crippen LogP contribution >= 0.6 is 0 Å². The molecule has 3 rings (SSSR count). The van der Waals surface area contributed by atoms with Crippen LogP contribution in [0.25, 0.3) is 0 Å². The van der Waals surface area contributed by atoms with Gasteiger partial charge in [0.25, 0.3) is 5.91 Å². The summed E-state index contributed by atoms with van der Waals surface area (Å²) in [5.74, 6) is -0.149. The van der Waals surface area contributed by atoms with E-state index in [1.54, 1.807) is 31.2 Å². The number of nitrogens with zero attached hydrogens (tertiary/aromatic N) is 1. The molecule has 1 heterocycles. The predicted octanol–water partition coefficient (Wildman–Crippen LogP) is 3.12. The molecule has 1 aliphatic heterocycles. The fourth-order valence-electron chi connectivity index (χ4n) is 3.45. The van der Waals surface area contributed by atoms with Crippen LogP contribution in [0.5, 0.6) is 5.75 Å². The maximum Gasteiger partial charge on any atom is 0.325 e. The Morgan fingerprint density at radius 1 is 1.10 bits per heavy atom. The number of hydrogen-bond acceptors (Lipinski definition) is 4. The number of imide groups is 1. The van der Waals surface area contributed by atoms with Gasteiger partial charge in [0.1, 0.15) is 17.8 Å². The second-order valence-corrected chi connectivity index (χ2v) is 7.84. The van der Waals surface area contributed by atoms with E-state index >= 15 is 0 Å². The Labute approximate surface area is 176 Å². The summed E-state index contributed by atoms with van der Waals surface area (Å²) in [5, 5.41) is 5.55. The molecule has 158 valence electrons. The monoisotopic (exact) mass is 409 g/mol. The minimum Gasteiger partial charge on any atom is -0.491 e. The number of nitrogens with one attached hydrogen (secondary N) is 2. The largest absolute Gasteiger partial charge is 0.491 e. The summed E-state index contributed by atoms with van der Waals surface area (Å²) in [7, 11) is 0. The fraction of sp³-hybridized carbons (Fsp3) is 0.348. The first-order valence-electron chi connectivity index (χ1n) is 9.96. The first-order chi connectivity index (χ1) is 14.2. The minimum absolute atomic E-state index is 0.0452. The third kappa shape index (κ3) is 4.45. The van der Waals surface area contributed by atoms with Crippen LogP contribution in [0.2, 0.25) is 0 Å². The second-order valence-electron chi connectivity index (χ2n) is 7.84. The van der Waals surface area contributed by atoms with Crippen LogP contribution in [-0.4, -0.2) is 35.4 Å². The molecule has 0 bridgehead atoms. The lowest BCUT2D eigenvalue weighted by atomic mass is 9.92. The molecule has 1 fully saturated rings. The number of benzene rings is 2. The van der Waals surface area contributed by atoms with Crippen LogP contribution in [0.4, 0.5) is 4.79 Å². The lowest BCUT2D eigenvalue weighted by Gasteiger charge is -2.22. The Balaban J connectivity index is 1.66. The van der Waals surface area contributed by atoms with Crippen LogP contribution in [0.1, 0.15) is 44.9 Å². The van der Waals surface area contributed by atoms with Crippen molar-refractivity contribution in [3.05, 3.63) is 65.7 Å². The van der Waals surface area contributed by atoms with E-state index in [2.05, 4.69) is 10.6 Å². The third-order valence-corrected chi connectivity index (χ3v) is 5.04. The standard InChI is InChI=1S/C23H27N3O4/c1-15(2)30-19-12-8-9-17(13-19)16(3)24-20(27)14-26-21(28)23(4,25-22(26)29)18-10-6-5-7-11-18/h5-13,15-16H,14H2,1-4H3,(H,24,27)(H,25,29). The average Bonchev–Trinajstić information content (AvgIpc) is 2.92. The van der Waals surface area contributed by atoms with E-state index in [1.165, 1.54) is 0 Å². The highest BCUT2D eigenvalue weighted by Gasteiger charge is 2.49. The summed E-state index contributed by atoms with van der Waals surface area (Å²) in [6.07, 6.45) is 0.0452. The molecule has 30 heavy (non-hydrogen) atoms. The Morgan fingerprint density at radius 3 is 2.47 bits per heavy atom. The molecule has 0 aromatic heterocycles. The highest BCUT2D eigenvalue weighted by Crippen LogP contribution is 2.28. The van der Waals surface area contributed by atoms with E-state index in [0.29, 0.717) is 5.56 Å². The molecule has 0 aliphatic carbocycles. The van der Waals surface area contributed by atoms with E-state index < -0.39 is 23.4 Å². The van der Waals surface area contributed by atoms with E-state index in [1.807, 2.05) is 51.1 Å². The number of amides is 4. The molecule has 1 aliphatic rings. The van der Waals surface area contributed by atoms with Crippen LogP contribution < -0.4 is 15.4 Å². The normalized spacial score (nSPS) is 19.6. The zero-order chi connectivity index (χ0) is 21.9. The quantitative estimate of drug-likeness (QED) is 0.688. The van der Waals surface area contributed by atoms with Gasteiger partial charge in [0, 0.05) is 0 Å². The number of ether oxygens (including phenoxy) is 1. The Morgan fingerprint density at radius 2 is 1.80 bits per heavy atom. The molecular weight excluding hydrogens is 382 g/mol. The first kappa shape index (κ1) is 21.4. The summed E-state index contributed by atoms with van der Waals surface area (Å²) < 4.78 is 5.69. The molecule has 4 amide bonds. The zero-order valence-electron chi connectivity index (χ0n) is 17.6. The lowest BCUT2D eigenvalue weighted by Crippen LogP contribution is -2.43. The van der Waals surface area contributed by atoms with Gasteiger partial charge < -0.3 is 15.4 Å². The average molecular weight is 409 g/mol. The topological polar surface area (TPSA) is 87.7 Å². The Hall–Kier alpha value is -3.35. The molecule has 2 unspecified atom stereocenters. The molecule has 2 atom stereocenters. The molecule has 7 nitrogen and oxygen atoms in total. The van der Waals surface area contributed by atoms with Crippen LogP contribution in [-0.2, 0) is 15.1 Å². The highest BCUT2D eigenvalue weighted by molar-refractivity contribution is 6.09. The predicted molar refractivity (Wildman–Crippen MR) is 113 cm³/mol. The van der Waals surface area contributed by atoms with Crippen molar-refractivity contribution in [2.75, 3.05) is 6.54 Å². The summed E-state index contributed by atoms with van der Waals surface area (Å²) in [6.45, 7) is 7.02. The van der Waals surface area contributed by atoms with Gasteiger partial charge in [0.05, 0.1) is 12.1 Å². The van der Waals surface area contributed by atoms with Crippen molar-refractivity contribution in [2.45, 2.75) is 45.4 Å². The van der Waals surface area contributed by atoms with Gasteiger partial charge in [0.2, 0.25) is 5.91 Å². The van der Waals surface area contributed by atoms with E-state index in [0.717, 1.165) is 16.2 Å². The summed E-state index contributed by atoms with van der Waals surface area (Å²) in [5.41, 5.74) is 0.349. The minimum atomic E-state index is -1.19. The maximum atomic E-state index is 12.9. The van der Waals surface area contributed by atoms with Crippen molar-refractivity contribution in [1.29, 1.82) is 0 Å². The number of hydrogen-bond donors (Lipinski definition) is 2. The summed E-state index contributed by atoms with van der Waals surface area (Å²) in [6, 6.07) is 15.6. The lowest BCUT2D eigenvalue weighted by molar-refractivity contribution is -0.135. The highest BCUT2D eigenvalue weighted by atomic mass is 16.5. The van der Waals surface area contributed by atoms with Crippen molar-refractivity contribution in [1.82, 2.24) is 15.5 Å². The van der Waals surface area contributed by atoms with Gasteiger partial charge in [-0.15, -0.1) is 0 Å². The van der Waals surface area contributed by atoms with Crippen molar-refractivity contribution in [3.8, 4) is 5.75 Å². The molecular formula is C23H27N3O4. The second kappa shape index (κ2) is 8.57. The smallest absolute Gasteiger partial charge is 0.325 e. The molecule has 2 aromatic rings. The molecule has 2 aromatic carbocycles. The van der Waals surface area contributed by atoms with Gasteiger partial charge >= 0.3 is 6.03 Å². The van der Waals surface area contributed by atoms with Crippen LogP contribution in [0, 0.1) is 0 Å². The zero-order valence-corrected chi connectivity index (χ0v) is 17.6. The number of carbonyl (C=O) groups is 3. The molecule has 0 radical (unpaired) electrons.